The molecule has 1 N–H and O–H groups in total. The number of hydrogen-bond donors (Lipinski definition) is 1. The van der Waals surface area contributed by atoms with Gasteiger partial charge in [0.15, 0.2) is 17.5 Å². The Morgan fingerprint density at radius 2 is 1.65 bits per heavy atom. The minimum atomic E-state index is -1.42. The predicted octanol–water partition coefficient (Wildman–Crippen LogP) is 6.52. The van der Waals surface area contributed by atoms with Crippen molar-refractivity contribution in [3.05, 3.63) is 65.0 Å². The van der Waals surface area contributed by atoms with E-state index < -0.39 is 40.4 Å². The van der Waals surface area contributed by atoms with Gasteiger partial charge in [-0.15, -0.1) is 0 Å². The monoisotopic (exact) mass is 366 g/mol. The SMILES string of the molecule is CCCCCC(F)=C(F)c1ccc(-c2c(C(=O)O)ccc(F)c2F)cc1. The van der Waals surface area contributed by atoms with Gasteiger partial charge in [0.25, 0.3) is 0 Å². The fraction of sp³-hybridized carbons (Fsp3) is 0.250. The van der Waals surface area contributed by atoms with Gasteiger partial charge in [0.05, 0.1) is 5.56 Å². The maximum Gasteiger partial charge on any atom is 0.336 e. The first kappa shape index (κ1) is 19.7. The van der Waals surface area contributed by atoms with Gasteiger partial charge in [0, 0.05) is 17.5 Å². The molecule has 0 unspecified atom stereocenters. The third-order valence-corrected chi connectivity index (χ3v) is 3.99. The minimum absolute atomic E-state index is 0.0108. The van der Waals surface area contributed by atoms with Crippen LogP contribution in [0, 0.1) is 11.6 Å². The molecule has 0 heterocycles. The Hall–Kier alpha value is -2.63. The summed E-state index contributed by atoms with van der Waals surface area (Å²) in [5, 5.41) is 9.15. The lowest BCUT2D eigenvalue weighted by Crippen LogP contribution is -2.03. The van der Waals surface area contributed by atoms with Gasteiger partial charge in [-0.2, -0.15) is 0 Å². The summed E-state index contributed by atoms with van der Waals surface area (Å²) in [7, 11) is 0. The summed E-state index contributed by atoms with van der Waals surface area (Å²) in [6, 6.07) is 6.57. The highest BCUT2D eigenvalue weighted by molar-refractivity contribution is 5.96. The van der Waals surface area contributed by atoms with Crippen molar-refractivity contribution in [1.82, 2.24) is 0 Å². The molecular formula is C20H18F4O2. The van der Waals surface area contributed by atoms with Crippen LogP contribution in [0.3, 0.4) is 0 Å². The summed E-state index contributed by atoms with van der Waals surface area (Å²) >= 11 is 0. The Morgan fingerprint density at radius 1 is 1.00 bits per heavy atom. The normalized spacial score (nSPS) is 12.0. The molecule has 0 atom stereocenters. The quantitative estimate of drug-likeness (QED) is 0.447. The molecule has 0 radical (unpaired) electrons. The van der Waals surface area contributed by atoms with E-state index in [-0.39, 0.29) is 17.5 Å². The molecule has 2 rings (SSSR count). The highest BCUT2D eigenvalue weighted by Gasteiger charge is 2.20. The Kier molecular flexibility index (Phi) is 6.55. The van der Waals surface area contributed by atoms with E-state index in [9.17, 15) is 22.4 Å². The van der Waals surface area contributed by atoms with Crippen molar-refractivity contribution in [3.8, 4) is 11.1 Å². The van der Waals surface area contributed by atoms with E-state index in [2.05, 4.69) is 0 Å². The molecule has 0 fully saturated rings. The van der Waals surface area contributed by atoms with Crippen molar-refractivity contribution in [2.24, 2.45) is 0 Å². The van der Waals surface area contributed by atoms with Gasteiger partial charge in [-0.3, -0.25) is 0 Å². The lowest BCUT2D eigenvalue weighted by molar-refractivity contribution is 0.0697. The van der Waals surface area contributed by atoms with Gasteiger partial charge >= 0.3 is 5.97 Å². The van der Waals surface area contributed by atoms with Crippen molar-refractivity contribution in [1.29, 1.82) is 0 Å². The van der Waals surface area contributed by atoms with Gasteiger partial charge in [-0.1, -0.05) is 44.0 Å². The maximum atomic E-state index is 14.1. The van der Waals surface area contributed by atoms with E-state index in [1.165, 1.54) is 24.3 Å². The molecule has 0 aromatic heterocycles. The van der Waals surface area contributed by atoms with E-state index in [4.69, 9.17) is 5.11 Å². The summed E-state index contributed by atoms with van der Waals surface area (Å²) in [6.45, 7) is 1.95. The lowest BCUT2D eigenvalue weighted by Gasteiger charge is -2.09. The second-order valence-corrected chi connectivity index (χ2v) is 5.84. The second kappa shape index (κ2) is 8.65. The van der Waals surface area contributed by atoms with E-state index in [0.29, 0.717) is 6.42 Å². The van der Waals surface area contributed by atoms with Gasteiger partial charge in [-0.25, -0.2) is 22.4 Å². The minimum Gasteiger partial charge on any atom is -0.478 e. The van der Waals surface area contributed by atoms with Gasteiger partial charge in [0.2, 0.25) is 0 Å². The predicted molar refractivity (Wildman–Crippen MR) is 92.0 cm³/mol. The highest BCUT2D eigenvalue weighted by atomic mass is 19.2. The van der Waals surface area contributed by atoms with Gasteiger partial charge in [0.1, 0.15) is 5.83 Å². The highest BCUT2D eigenvalue weighted by Crippen LogP contribution is 2.31. The molecule has 0 aliphatic carbocycles. The second-order valence-electron chi connectivity index (χ2n) is 5.84. The molecule has 0 saturated heterocycles. The van der Waals surface area contributed by atoms with Crippen LogP contribution in [-0.2, 0) is 0 Å². The first-order valence-corrected chi connectivity index (χ1v) is 8.23. The molecule has 0 aliphatic rings. The summed E-state index contributed by atoms with van der Waals surface area (Å²) in [4.78, 5) is 11.2. The summed E-state index contributed by atoms with van der Waals surface area (Å²) < 4.78 is 55.5. The smallest absolute Gasteiger partial charge is 0.336 e. The van der Waals surface area contributed by atoms with Crippen LogP contribution in [0.15, 0.2) is 42.2 Å². The van der Waals surface area contributed by atoms with Crippen LogP contribution >= 0.6 is 0 Å². The van der Waals surface area contributed by atoms with Gasteiger partial charge in [-0.05, 0) is 24.1 Å². The number of unbranched alkanes of at least 4 members (excludes halogenated alkanes) is 2. The van der Waals surface area contributed by atoms with Crippen LogP contribution in [0.1, 0.15) is 48.5 Å². The zero-order valence-electron chi connectivity index (χ0n) is 14.2. The van der Waals surface area contributed by atoms with Crippen LogP contribution in [0.25, 0.3) is 17.0 Å². The zero-order chi connectivity index (χ0) is 19.3. The average molecular weight is 366 g/mol. The van der Waals surface area contributed by atoms with Crippen molar-refractivity contribution in [2.75, 3.05) is 0 Å². The van der Waals surface area contributed by atoms with Crippen molar-refractivity contribution >= 4 is 11.8 Å². The number of allylic oxidation sites excluding steroid dienone is 1. The summed E-state index contributed by atoms with van der Waals surface area (Å²) in [5.74, 6) is -5.79. The Balaban J connectivity index is 2.38. The molecule has 2 aromatic carbocycles. The number of carboxylic acid groups (broad SMARTS) is 1. The molecule has 0 aliphatic heterocycles. The van der Waals surface area contributed by atoms with E-state index in [1.807, 2.05) is 6.92 Å². The maximum absolute atomic E-state index is 14.1. The number of rotatable bonds is 7. The van der Waals surface area contributed by atoms with Crippen LogP contribution < -0.4 is 0 Å². The van der Waals surface area contributed by atoms with Crippen molar-refractivity contribution < 1.29 is 27.5 Å². The van der Waals surface area contributed by atoms with Gasteiger partial charge < -0.3 is 5.11 Å². The van der Waals surface area contributed by atoms with E-state index >= 15 is 0 Å². The number of hydrogen-bond acceptors (Lipinski definition) is 1. The third-order valence-electron chi connectivity index (χ3n) is 3.99. The lowest BCUT2D eigenvalue weighted by atomic mass is 9.97. The number of aromatic carboxylic acids is 1. The molecule has 2 nitrogen and oxygen atoms in total. The Morgan fingerprint density at radius 3 is 2.23 bits per heavy atom. The Bertz CT molecular complexity index is 826. The molecule has 6 heteroatoms. The standard InChI is InChI=1S/C20H18F4O2/c1-2-3-4-5-15(21)18(23)13-8-6-12(7-9-13)17-14(20(25)26)10-11-16(22)19(17)24/h6-11H,2-5H2,1H3,(H,25,26). The summed E-state index contributed by atoms with van der Waals surface area (Å²) in [6.07, 6.45) is 2.19. The molecule has 138 valence electrons. The van der Waals surface area contributed by atoms with E-state index in [1.54, 1.807) is 0 Å². The van der Waals surface area contributed by atoms with Crippen LogP contribution in [0.2, 0.25) is 0 Å². The van der Waals surface area contributed by atoms with Crippen molar-refractivity contribution in [2.45, 2.75) is 32.6 Å². The molecule has 2 aromatic rings. The first-order chi connectivity index (χ1) is 12.4. The zero-order valence-corrected chi connectivity index (χ0v) is 14.2. The molecule has 0 amide bonds. The van der Waals surface area contributed by atoms with Crippen LogP contribution in [-0.4, -0.2) is 11.1 Å². The Labute approximate surface area is 148 Å². The number of benzene rings is 2. The fourth-order valence-corrected chi connectivity index (χ4v) is 2.59. The number of carbonyl (C=O) groups is 1. The van der Waals surface area contributed by atoms with Crippen LogP contribution in [0.5, 0.6) is 0 Å². The van der Waals surface area contributed by atoms with Crippen LogP contribution in [0.4, 0.5) is 17.6 Å². The molecular weight excluding hydrogens is 348 g/mol. The molecule has 26 heavy (non-hydrogen) atoms. The van der Waals surface area contributed by atoms with Crippen molar-refractivity contribution in [3.63, 3.8) is 0 Å². The summed E-state index contributed by atoms with van der Waals surface area (Å²) in [5.41, 5.74) is -0.839. The average Bonchev–Trinajstić information content (AvgIpc) is 2.63. The first-order valence-electron chi connectivity index (χ1n) is 8.23. The largest absolute Gasteiger partial charge is 0.478 e. The molecule has 0 spiro atoms. The molecule has 0 bridgehead atoms. The number of carboxylic acids is 1. The topological polar surface area (TPSA) is 37.3 Å². The number of halogens is 4. The fourth-order valence-electron chi connectivity index (χ4n) is 2.59. The third kappa shape index (κ3) is 4.31. The van der Waals surface area contributed by atoms with E-state index in [0.717, 1.165) is 25.0 Å². The molecule has 0 saturated carbocycles.